The molecular weight excluding hydrogens is 198 g/mol. The average Bonchev–Trinajstić information content (AvgIpc) is 2.34. The molecule has 86 valence electrons. The van der Waals surface area contributed by atoms with Crippen LogP contribution in [0.2, 0.25) is 0 Å². The molecule has 0 saturated carbocycles. The summed E-state index contributed by atoms with van der Waals surface area (Å²) in [7, 11) is 0. The molecule has 0 aliphatic heterocycles. The van der Waals surface area contributed by atoms with E-state index in [2.05, 4.69) is 18.8 Å². The van der Waals surface area contributed by atoms with Crippen molar-refractivity contribution >= 4 is 5.91 Å². The lowest BCUT2D eigenvalue weighted by molar-refractivity contribution is 0.0953. The molecule has 1 aromatic carbocycles. The van der Waals surface area contributed by atoms with Gasteiger partial charge in [0.2, 0.25) is 0 Å². The average molecular weight is 217 g/mol. The Morgan fingerprint density at radius 3 is 2.62 bits per heavy atom. The van der Waals surface area contributed by atoms with Crippen LogP contribution in [0, 0.1) is 0 Å². The number of hydrogen-bond donors (Lipinski definition) is 1. The molecule has 2 heteroatoms. The Morgan fingerprint density at radius 2 is 2.06 bits per heavy atom. The van der Waals surface area contributed by atoms with Gasteiger partial charge in [0.05, 0.1) is 0 Å². The van der Waals surface area contributed by atoms with E-state index < -0.39 is 0 Å². The Balaban J connectivity index is 2.43. The number of rotatable bonds is 6. The summed E-state index contributed by atoms with van der Waals surface area (Å²) in [6, 6.07) is 7.75. The van der Waals surface area contributed by atoms with Gasteiger partial charge in [-0.1, -0.05) is 25.1 Å². The maximum atomic E-state index is 11.7. The first-order chi connectivity index (χ1) is 7.77. The second-order valence-electron chi connectivity index (χ2n) is 3.74. The maximum Gasteiger partial charge on any atom is 0.251 e. The summed E-state index contributed by atoms with van der Waals surface area (Å²) in [5, 5.41) is 2.88. The van der Waals surface area contributed by atoms with Crippen LogP contribution in [0.1, 0.15) is 35.7 Å². The van der Waals surface area contributed by atoms with Crippen LogP contribution in [0.25, 0.3) is 0 Å². The molecule has 1 amide bonds. The number of hydrogen-bond acceptors (Lipinski definition) is 1. The number of carbonyl (C=O) groups excluding carboxylic acids is 1. The third-order valence-corrected chi connectivity index (χ3v) is 2.49. The number of unbranched alkanes of at least 4 members (excludes halogenated alkanes) is 1. The quantitative estimate of drug-likeness (QED) is 0.576. The van der Waals surface area contributed by atoms with Crippen molar-refractivity contribution < 1.29 is 4.79 Å². The molecule has 0 radical (unpaired) electrons. The number of amides is 1. The zero-order chi connectivity index (χ0) is 11.8. The minimum absolute atomic E-state index is 0.00622. The van der Waals surface area contributed by atoms with Gasteiger partial charge in [0.25, 0.3) is 5.91 Å². The molecule has 0 bridgehead atoms. The van der Waals surface area contributed by atoms with E-state index in [1.807, 2.05) is 30.3 Å². The maximum absolute atomic E-state index is 11.7. The van der Waals surface area contributed by atoms with Crippen molar-refractivity contribution in [3.8, 4) is 0 Å². The summed E-state index contributed by atoms with van der Waals surface area (Å²) in [6.07, 6.45) is 4.75. The molecule has 0 aliphatic rings. The minimum Gasteiger partial charge on any atom is -0.352 e. The molecule has 1 N–H and O–H groups in total. The highest BCUT2D eigenvalue weighted by atomic mass is 16.1. The van der Waals surface area contributed by atoms with Gasteiger partial charge in [0.1, 0.15) is 0 Å². The lowest BCUT2D eigenvalue weighted by atomic mass is 10.1. The molecule has 0 spiro atoms. The summed E-state index contributed by atoms with van der Waals surface area (Å²) in [4.78, 5) is 11.7. The van der Waals surface area contributed by atoms with Gasteiger partial charge in [0, 0.05) is 12.1 Å². The minimum atomic E-state index is 0.00622. The second-order valence-corrected chi connectivity index (χ2v) is 3.74. The van der Waals surface area contributed by atoms with E-state index >= 15 is 0 Å². The second kappa shape index (κ2) is 6.83. The van der Waals surface area contributed by atoms with E-state index in [1.54, 1.807) is 0 Å². The molecule has 16 heavy (non-hydrogen) atoms. The molecule has 1 rings (SSSR count). The molecule has 2 nitrogen and oxygen atoms in total. The van der Waals surface area contributed by atoms with Crippen LogP contribution in [-0.4, -0.2) is 12.5 Å². The Morgan fingerprint density at radius 1 is 1.38 bits per heavy atom. The zero-order valence-corrected chi connectivity index (χ0v) is 9.83. The fraction of sp³-hybridized carbons (Fsp3) is 0.357. The molecular formula is C14H19NO. The standard InChI is InChI=1S/C14H19NO/c1-3-5-6-11-15-14(16)13-9-7-12(4-2)8-10-13/h3,7-10H,1,4-6,11H2,2H3,(H,15,16). The predicted octanol–water partition coefficient (Wildman–Crippen LogP) is 2.95. The molecule has 1 aromatic rings. The highest BCUT2D eigenvalue weighted by molar-refractivity contribution is 5.94. The highest BCUT2D eigenvalue weighted by Gasteiger charge is 2.03. The summed E-state index contributed by atoms with van der Waals surface area (Å²) < 4.78 is 0. The molecule has 0 heterocycles. The number of nitrogens with one attached hydrogen (secondary N) is 1. The van der Waals surface area contributed by atoms with Crippen LogP contribution in [0.4, 0.5) is 0 Å². The smallest absolute Gasteiger partial charge is 0.251 e. The summed E-state index contributed by atoms with van der Waals surface area (Å²) in [5.41, 5.74) is 1.99. The van der Waals surface area contributed by atoms with Crippen molar-refractivity contribution in [2.24, 2.45) is 0 Å². The number of benzene rings is 1. The van der Waals surface area contributed by atoms with Crippen molar-refractivity contribution in [3.05, 3.63) is 48.0 Å². The van der Waals surface area contributed by atoms with Gasteiger partial charge < -0.3 is 5.32 Å². The topological polar surface area (TPSA) is 29.1 Å². The van der Waals surface area contributed by atoms with E-state index in [9.17, 15) is 4.79 Å². The normalized spacial score (nSPS) is 9.81. The summed E-state index contributed by atoms with van der Waals surface area (Å²) in [6.45, 7) is 6.45. The first-order valence-electron chi connectivity index (χ1n) is 5.76. The fourth-order valence-electron chi connectivity index (χ4n) is 1.44. The van der Waals surface area contributed by atoms with Crippen molar-refractivity contribution in [3.63, 3.8) is 0 Å². The molecule has 0 atom stereocenters. The van der Waals surface area contributed by atoms with Crippen LogP contribution in [0.15, 0.2) is 36.9 Å². The lowest BCUT2D eigenvalue weighted by Crippen LogP contribution is -2.24. The van der Waals surface area contributed by atoms with Crippen molar-refractivity contribution in [1.82, 2.24) is 5.32 Å². The van der Waals surface area contributed by atoms with Gasteiger partial charge in [-0.15, -0.1) is 6.58 Å². The van der Waals surface area contributed by atoms with Gasteiger partial charge >= 0.3 is 0 Å². The van der Waals surface area contributed by atoms with E-state index in [4.69, 9.17) is 0 Å². The number of allylic oxidation sites excluding steroid dienone is 1. The van der Waals surface area contributed by atoms with Crippen LogP contribution in [-0.2, 0) is 6.42 Å². The lowest BCUT2D eigenvalue weighted by Gasteiger charge is -2.04. The fourth-order valence-corrected chi connectivity index (χ4v) is 1.44. The largest absolute Gasteiger partial charge is 0.352 e. The summed E-state index contributed by atoms with van der Waals surface area (Å²) >= 11 is 0. The van der Waals surface area contributed by atoms with Crippen LogP contribution < -0.4 is 5.32 Å². The number of aryl methyl sites for hydroxylation is 1. The Kier molecular flexibility index (Phi) is 5.34. The van der Waals surface area contributed by atoms with E-state index in [1.165, 1.54) is 5.56 Å². The Bertz CT molecular complexity index is 340. The predicted molar refractivity (Wildman–Crippen MR) is 67.6 cm³/mol. The Labute approximate surface area is 97.4 Å². The Hall–Kier alpha value is -1.57. The first-order valence-corrected chi connectivity index (χ1v) is 5.76. The van der Waals surface area contributed by atoms with Crippen molar-refractivity contribution in [1.29, 1.82) is 0 Å². The van der Waals surface area contributed by atoms with Crippen LogP contribution in [0.3, 0.4) is 0 Å². The molecule has 0 unspecified atom stereocenters. The molecule has 0 saturated heterocycles. The SMILES string of the molecule is C=CCCCNC(=O)c1ccc(CC)cc1. The van der Waals surface area contributed by atoms with Gasteiger partial charge in [-0.05, 0) is 37.0 Å². The van der Waals surface area contributed by atoms with Crippen LogP contribution in [0.5, 0.6) is 0 Å². The molecule has 0 aromatic heterocycles. The highest BCUT2D eigenvalue weighted by Crippen LogP contribution is 2.04. The van der Waals surface area contributed by atoms with Gasteiger partial charge in [-0.25, -0.2) is 0 Å². The monoisotopic (exact) mass is 217 g/mol. The van der Waals surface area contributed by atoms with Gasteiger partial charge in [0.15, 0.2) is 0 Å². The van der Waals surface area contributed by atoms with E-state index in [0.29, 0.717) is 6.54 Å². The first kappa shape index (κ1) is 12.5. The zero-order valence-electron chi connectivity index (χ0n) is 9.83. The molecule has 0 aliphatic carbocycles. The van der Waals surface area contributed by atoms with Gasteiger partial charge in [-0.2, -0.15) is 0 Å². The van der Waals surface area contributed by atoms with E-state index in [0.717, 1.165) is 24.8 Å². The van der Waals surface area contributed by atoms with Gasteiger partial charge in [-0.3, -0.25) is 4.79 Å². The van der Waals surface area contributed by atoms with Crippen molar-refractivity contribution in [2.75, 3.05) is 6.54 Å². The summed E-state index contributed by atoms with van der Waals surface area (Å²) in [5.74, 6) is 0.00622. The van der Waals surface area contributed by atoms with Crippen LogP contribution >= 0.6 is 0 Å². The third kappa shape index (κ3) is 3.89. The third-order valence-electron chi connectivity index (χ3n) is 2.49. The number of carbonyl (C=O) groups is 1. The molecule has 0 fully saturated rings. The van der Waals surface area contributed by atoms with Crippen molar-refractivity contribution in [2.45, 2.75) is 26.2 Å². The van der Waals surface area contributed by atoms with E-state index in [-0.39, 0.29) is 5.91 Å².